The molecule has 154 valence electrons. The summed E-state index contributed by atoms with van der Waals surface area (Å²) in [4.78, 5) is 39.9. The van der Waals surface area contributed by atoms with Gasteiger partial charge in [0.1, 0.15) is 6.33 Å². The second-order valence-electron chi connectivity index (χ2n) is 7.94. The molecule has 1 aromatic rings. The number of piperidine rings is 1. The van der Waals surface area contributed by atoms with Crippen molar-refractivity contribution in [2.75, 3.05) is 26.2 Å². The minimum atomic E-state index is 0.0423. The van der Waals surface area contributed by atoms with E-state index in [-0.39, 0.29) is 23.9 Å². The number of rotatable bonds is 5. The zero-order valence-corrected chi connectivity index (χ0v) is 17.2. The van der Waals surface area contributed by atoms with Gasteiger partial charge in [-0.1, -0.05) is 13.3 Å². The molecule has 0 unspecified atom stereocenters. The molecular weight excluding hydrogens is 354 g/mol. The largest absolute Gasteiger partial charge is 0.341 e. The van der Waals surface area contributed by atoms with Crippen LogP contribution in [-0.2, 0) is 16.1 Å². The van der Waals surface area contributed by atoms with Crippen molar-refractivity contribution in [3.63, 3.8) is 0 Å². The normalized spacial score (nSPS) is 23.9. The lowest BCUT2D eigenvalue weighted by atomic mass is 10.0. The van der Waals surface area contributed by atoms with Crippen LogP contribution in [0, 0.1) is 0 Å². The van der Waals surface area contributed by atoms with Crippen LogP contribution < -0.4 is 0 Å². The molecule has 0 N–H and O–H groups in total. The van der Waals surface area contributed by atoms with E-state index in [1.807, 2.05) is 9.80 Å². The quantitative estimate of drug-likeness (QED) is 0.774. The Labute approximate surface area is 168 Å². The van der Waals surface area contributed by atoms with E-state index in [1.54, 1.807) is 19.3 Å². The van der Waals surface area contributed by atoms with Crippen LogP contribution in [0.25, 0.3) is 0 Å². The van der Waals surface area contributed by atoms with Gasteiger partial charge in [-0.2, -0.15) is 0 Å². The molecule has 0 aliphatic carbocycles. The third-order valence-electron chi connectivity index (χ3n) is 6.13. The summed E-state index contributed by atoms with van der Waals surface area (Å²) in [6, 6.07) is 0.199. The highest BCUT2D eigenvalue weighted by atomic mass is 16.2. The van der Waals surface area contributed by atoms with Gasteiger partial charge in [0, 0.05) is 50.6 Å². The Bertz CT molecular complexity index is 653. The molecule has 2 aliphatic heterocycles. The molecule has 2 fully saturated rings. The maximum absolute atomic E-state index is 13.2. The van der Waals surface area contributed by atoms with Gasteiger partial charge < -0.3 is 9.80 Å². The number of carbonyl (C=O) groups is 2. The Hall–Kier alpha value is -2.02. The summed E-state index contributed by atoms with van der Waals surface area (Å²) in [5.74, 6) is 0.353. The summed E-state index contributed by atoms with van der Waals surface area (Å²) in [5.41, 5.74) is 0.940. The number of likely N-dealkylation sites (tertiary alicyclic amines) is 2. The smallest absolute Gasteiger partial charge is 0.239 e. The molecule has 2 amide bonds. The maximum Gasteiger partial charge on any atom is 0.239 e. The Kier molecular flexibility index (Phi) is 7.36. The molecule has 7 nitrogen and oxygen atoms in total. The van der Waals surface area contributed by atoms with E-state index >= 15 is 0 Å². The molecular formula is C21H33N5O2. The van der Waals surface area contributed by atoms with E-state index in [1.165, 1.54) is 12.7 Å². The number of hydrogen-bond donors (Lipinski definition) is 0. The second kappa shape index (κ2) is 9.96. The zero-order chi connectivity index (χ0) is 19.9. The topological polar surface area (TPSA) is 69.6 Å². The van der Waals surface area contributed by atoms with Gasteiger partial charge in [-0.25, -0.2) is 9.97 Å². The average Bonchev–Trinajstić information content (AvgIpc) is 2.98. The Balaban J connectivity index is 1.62. The van der Waals surface area contributed by atoms with Crippen LogP contribution in [-0.4, -0.2) is 74.7 Å². The number of likely N-dealkylation sites (N-methyl/N-ethyl adjacent to an activating group) is 1. The standard InChI is InChI=1S/C21H33N5O2/c1-3-24-10-5-4-8-20(24)21(28)25-11-6-7-19(9-12-25)26(17(2)27)15-18-13-22-16-23-14-18/h13-14,16,19-20H,3-12,15H2,1-2H3/t19-,20-/m0/s1. The lowest BCUT2D eigenvalue weighted by Crippen LogP contribution is -2.51. The third kappa shape index (κ3) is 5.07. The first-order chi connectivity index (χ1) is 13.6. The van der Waals surface area contributed by atoms with Crippen LogP contribution in [0.3, 0.4) is 0 Å². The maximum atomic E-state index is 13.2. The fraction of sp³-hybridized carbons (Fsp3) is 0.714. The van der Waals surface area contributed by atoms with E-state index in [0.29, 0.717) is 6.54 Å². The summed E-state index contributed by atoms with van der Waals surface area (Å²) >= 11 is 0. The second-order valence-corrected chi connectivity index (χ2v) is 7.94. The van der Waals surface area contributed by atoms with Crippen LogP contribution in [0.15, 0.2) is 18.7 Å². The number of aromatic nitrogens is 2. The molecule has 7 heteroatoms. The van der Waals surface area contributed by atoms with Gasteiger partial charge in [0.25, 0.3) is 0 Å². The first-order valence-electron chi connectivity index (χ1n) is 10.6. The summed E-state index contributed by atoms with van der Waals surface area (Å²) in [6.07, 6.45) is 11.0. The van der Waals surface area contributed by atoms with Gasteiger partial charge in [-0.05, 0) is 45.2 Å². The van der Waals surface area contributed by atoms with Crippen molar-refractivity contribution in [3.8, 4) is 0 Å². The lowest BCUT2D eigenvalue weighted by molar-refractivity contribution is -0.138. The molecule has 0 saturated carbocycles. The summed E-state index contributed by atoms with van der Waals surface area (Å²) in [5, 5.41) is 0. The molecule has 28 heavy (non-hydrogen) atoms. The van der Waals surface area contributed by atoms with Gasteiger partial charge in [0.2, 0.25) is 11.8 Å². The Morgan fingerprint density at radius 3 is 2.57 bits per heavy atom. The molecule has 0 aromatic carbocycles. The van der Waals surface area contributed by atoms with Crippen LogP contribution in [0.1, 0.15) is 57.9 Å². The summed E-state index contributed by atoms with van der Waals surface area (Å²) < 4.78 is 0. The van der Waals surface area contributed by atoms with Crippen LogP contribution in [0.4, 0.5) is 0 Å². The molecule has 3 rings (SSSR count). The molecule has 2 atom stereocenters. The highest BCUT2D eigenvalue weighted by molar-refractivity contribution is 5.82. The highest BCUT2D eigenvalue weighted by Gasteiger charge is 2.33. The third-order valence-corrected chi connectivity index (χ3v) is 6.13. The van der Waals surface area contributed by atoms with Gasteiger partial charge in [-0.3, -0.25) is 14.5 Å². The lowest BCUT2D eigenvalue weighted by Gasteiger charge is -2.37. The first kappa shape index (κ1) is 20.7. The molecule has 2 aliphatic rings. The van der Waals surface area contributed by atoms with Crippen molar-refractivity contribution in [1.29, 1.82) is 0 Å². The van der Waals surface area contributed by atoms with Gasteiger partial charge >= 0.3 is 0 Å². The molecule has 0 radical (unpaired) electrons. The minimum absolute atomic E-state index is 0.0423. The van der Waals surface area contributed by atoms with E-state index in [9.17, 15) is 9.59 Å². The van der Waals surface area contributed by atoms with E-state index in [4.69, 9.17) is 0 Å². The molecule has 0 spiro atoms. The molecule has 3 heterocycles. The van der Waals surface area contributed by atoms with Crippen LogP contribution in [0.2, 0.25) is 0 Å². The van der Waals surface area contributed by atoms with Crippen molar-refractivity contribution in [2.45, 2.75) is 71.0 Å². The highest BCUT2D eigenvalue weighted by Crippen LogP contribution is 2.23. The van der Waals surface area contributed by atoms with Gasteiger partial charge in [-0.15, -0.1) is 0 Å². The molecule has 0 bridgehead atoms. The number of hydrogen-bond acceptors (Lipinski definition) is 5. The van der Waals surface area contributed by atoms with Crippen LogP contribution >= 0.6 is 0 Å². The van der Waals surface area contributed by atoms with Crippen molar-refractivity contribution in [1.82, 2.24) is 24.7 Å². The fourth-order valence-corrected chi connectivity index (χ4v) is 4.58. The van der Waals surface area contributed by atoms with Crippen molar-refractivity contribution < 1.29 is 9.59 Å². The summed E-state index contributed by atoms with van der Waals surface area (Å²) in [7, 11) is 0. The predicted octanol–water partition coefficient (Wildman–Crippen LogP) is 2.08. The zero-order valence-electron chi connectivity index (χ0n) is 17.2. The Morgan fingerprint density at radius 2 is 1.86 bits per heavy atom. The van der Waals surface area contributed by atoms with E-state index in [0.717, 1.165) is 63.8 Å². The first-order valence-corrected chi connectivity index (χ1v) is 10.6. The minimum Gasteiger partial charge on any atom is -0.341 e. The van der Waals surface area contributed by atoms with Gasteiger partial charge in [0.15, 0.2) is 0 Å². The average molecular weight is 388 g/mol. The molecule has 1 aromatic heterocycles. The molecule has 2 saturated heterocycles. The predicted molar refractivity (Wildman–Crippen MR) is 107 cm³/mol. The van der Waals surface area contributed by atoms with E-state index in [2.05, 4.69) is 21.8 Å². The number of nitrogens with zero attached hydrogens (tertiary/aromatic N) is 5. The van der Waals surface area contributed by atoms with E-state index < -0.39 is 0 Å². The number of carbonyl (C=O) groups excluding carboxylic acids is 2. The monoisotopic (exact) mass is 387 g/mol. The van der Waals surface area contributed by atoms with Crippen molar-refractivity contribution in [3.05, 3.63) is 24.3 Å². The summed E-state index contributed by atoms with van der Waals surface area (Å²) in [6.45, 7) is 7.78. The van der Waals surface area contributed by atoms with Crippen LogP contribution in [0.5, 0.6) is 0 Å². The van der Waals surface area contributed by atoms with Gasteiger partial charge in [0.05, 0.1) is 6.04 Å². The van der Waals surface area contributed by atoms with Crippen molar-refractivity contribution in [2.24, 2.45) is 0 Å². The Morgan fingerprint density at radius 1 is 1.07 bits per heavy atom. The fourth-order valence-electron chi connectivity index (χ4n) is 4.58. The van der Waals surface area contributed by atoms with Crippen molar-refractivity contribution >= 4 is 11.8 Å². The number of amides is 2. The SMILES string of the molecule is CCN1CCCC[C@H]1C(=O)N1CCC[C@H](N(Cc2cncnc2)C(C)=O)CC1.